The van der Waals surface area contributed by atoms with Gasteiger partial charge in [-0.2, -0.15) is 0 Å². The van der Waals surface area contributed by atoms with Crippen LogP contribution in [0.25, 0.3) is 0 Å². The van der Waals surface area contributed by atoms with Crippen molar-refractivity contribution in [3.05, 3.63) is 0 Å². The predicted molar refractivity (Wildman–Crippen MR) is 67.5 cm³/mol. The second kappa shape index (κ2) is 8.03. The Bertz CT molecular complexity index is 182. The summed E-state index contributed by atoms with van der Waals surface area (Å²) in [5.74, 6) is 0.252. The third-order valence-corrected chi connectivity index (χ3v) is 4.32. The summed E-state index contributed by atoms with van der Waals surface area (Å²) in [6, 6.07) is 0. The molecular formula is C12H24O2S. The molecule has 1 N–H and O–H groups in total. The maximum atomic E-state index is 11.3. The summed E-state index contributed by atoms with van der Waals surface area (Å²) >= 11 is 1.59. The van der Waals surface area contributed by atoms with Crippen molar-refractivity contribution in [1.29, 1.82) is 0 Å². The molecule has 0 bridgehead atoms. The fraction of sp³-hybridized carbons (Fsp3) is 0.917. The maximum absolute atomic E-state index is 11.3. The van der Waals surface area contributed by atoms with Crippen LogP contribution in [-0.4, -0.2) is 21.6 Å². The Hall–Kier alpha value is -0.180. The van der Waals surface area contributed by atoms with E-state index >= 15 is 0 Å². The molecule has 0 aliphatic heterocycles. The minimum absolute atomic E-state index is 0.525. The molecule has 0 fully saturated rings. The molecule has 2 nitrogen and oxygen atoms in total. The van der Waals surface area contributed by atoms with Crippen LogP contribution in [0, 0.1) is 0 Å². The monoisotopic (exact) mass is 232 g/mol. The molecule has 0 aliphatic rings. The summed E-state index contributed by atoms with van der Waals surface area (Å²) < 4.78 is -0.525. The van der Waals surface area contributed by atoms with Gasteiger partial charge in [-0.3, -0.25) is 4.79 Å². The van der Waals surface area contributed by atoms with Crippen LogP contribution >= 0.6 is 11.8 Å². The van der Waals surface area contributed by atoms with Gasteiger partial charge in [0.2, 0.25) is 0 Å². The van der Waals surface area contributed by atoms with Crippen LogP contribution < -0.4 is 0 Å². The lowest BCUT2D eigenvalue weighted by atomic mass is 9.97. The van der Waals surface area contributed by atoms with Crippen LogP contribution in [0.4, 0.5) is 0 Å². The summed E-state index contributed by atoms with van der Waals surface area (Å²) in [5, 5.41) is 9.29. The molecule has 0 saturated carbocycles. The molecule has 0 rings (SSSR count). The van der Waals surface area contributed by atoms with Crippen LogP contribution in [0.15, 0.2) is 0 Å². The fourth-order valence-corrected chi connectivity index (χ4v) is 2.95. The predicted octanol–water partition coefficient (Wildman–Crippen LogP) is 3.94. The molecule has 90 valence electrons. The molecule has 0 heterocycles. The smallest absolute Gasteiger partial charge is 0.319 e. The van der Waals surface area contributed by atoms with E-state index in [0.717, 1.165) is 31.4 Å². The molecular weight excluding hydrogens is 208 g/mol. The molecule has 0 saturated heterocycles. The van der Waals surface area contributed by atoms with Crippen molar-refractivity contribution in [3.8, 4) is 0 Å². The molecule has 3 heteroatoms. The van der Waals surface area contributed by atoms with Crippen LogP contribution in [0.2, 0.25) is 0 Å². The van der Waals surface area contributed by atoms with Crippen molar-refractivity contribution in [1.82, 2.24) is 0 Å². The quantitative estimate of drug-likeness (QED) is 0.612. The number of carboxylic acid groups (broad SMARTS) is 1. The Balaban J connectivity index is 4.16. The van der Waals surface area contributed by atoms with Gasteiger partial charge in [-0.15, -0.1) is 11.8 Å². The molecule has 0 aromatic heterocycles. The fourth-order valence-electron chi connectivity index (χ4n) is 1.78. The number of unbranched alkanes of at least 4 members (excludes halogenated alkanes) is 3. The minimum atomic E-state index is -0.631. The molecule has 1 unspecified atom stereocenters. The van der Waals surface area contributed by atoms with Gasteiger partial charge in [0.25, 0.3) is 0 Å². The van der Waals surface area contributed by atoms with Crippen molar-refractivity contribution in [2.75, 3.05) is 5.75 Å². The largest absolute Gasteiger partial charge is 0.480 e. The number of hydrogen-bond donors (Lipinski definition) is 1. The van der Waals surface area contributed by atoms with E-state index < -0.39 is 10.7 Å². The van der Waals surface area contributed by atoms with Crippen LogP contribution in [0.5, 0.6) is 0 Å². The maximum Gasteiger partial charge on any atom is 0.319 e. The van der Waals surface area contributed by atoms with E-state index in [1.165, 1.54) is 12.8 Å². The number of carboxylic acids is 1. The summed E-state index contributed by atoms with van der Waals surface area (Å²) in [5.41, 5.74) is 0. The highest BCUT2D eigenvalue weighted by molar-refractivity contribution is 8.01. The number of rotatable bonds is 9. The first-order valence-electron chi connectivity index (χ1n) is 6.00. The normalized spacial score (nSPS) is 14.9. The Kier molecular flexibility index (Phi) is 7.93. The first-order chi connectivity index (χ1) is 7.13. The van der Waals surface area contributed by atoms with Gasteiger partial charge in [0.05, 0.1) is 0 Å². The molecule has 1 atom stereocenters. The number of thioether (sulfide) groups is 1. The van der Waals surface area contributed by atoms with Gasteiger partial charge in [-0.05, 0) is 18.6 Å². The summed E-state index contributed by atoms with van der Waals surface area (Å²) in [7, 11) is 0. The van der Waals surface area contributed by atoms with Gasteiger partial charge in [0, 0.05) is 0 Å². The van der Waals surface area contributed by atoms with Crippen molar-refractivity contribution < 1.29 is 9.90 Å². The number of aliphatic carboxylic acids is 1. The highest BCUT2D eigenvalue weighted by Gasteiger charge is 2.35. The zero-order valence-electron chi connectivity index (χ0n) is 10.2. The third kappa shape index (κ3) is 4.92. The minimum Gasteiger partial charge on any atom is -0.480 e. The first kappa shape index (κ1) is 14.8. The van der Waals surface area contributed by atoms with E-state index in [4.69, 9.17) is 0 Å². The molecule has 0 aromatic carbocycles. The Morgan fingerprint density at radius 2 is 1.87 bits per heavy atom. The highest BCUT2D eigenvalue weighted by atomic mass is 32.2. The molecule has 0 amide bonds. The van der Waals surface area contributed by atoms with Gasteiger partial charge in [0.1, 0.15) is 4.75 Å². The second-order valence-electron chi connectivity index (χ2n) is 3.90. The Labute approximate surface area is 97.8 Å². The van der Waals surface area contributed by atoms with Crippen LogP contribution in [0.1, 0.15) is 59.3 Å². The molecule has 0 radical (unpaired) electrons. The van der Waals surface area contributed by atoms with Gasteiger partial charge in [0.15, 0.2) is 0 Å². The summed E-state index contributed by atoms with van der Waals surface area (Å²) in [6.45, 7) is 6.19. The van der Waals surface area contributed by atoms with E-state index in [1.807, 2.05) is 13.8 Å². The number of carbonyl (C=O) groups is 1. The summed E-state index contributed by atoms with van der Waals surface area (Å²) in [6.07, 6.45) is 6.17. The number of hydrogen-bond acceptors (Lipinski definition) is 2. The first-order valence-corrected chi connectivity index (χ1v) is 6.98. The van der Waals surface area contributed by atoms with Crippen molar-refractivity contribution in [2.24, 2.45) is 0 Å². The van der Waals surface area contributed by atoms with Crippen molar-refractivity contribution in [2.45, 2.75) is 64.0 Å². The standard InChI is InChI=1S/C12H24O2S/c1-4-7-8-9-10-12(5-2,11(13)14)15-6-3/h4-10H2,1-3H3,(H,13,14). The van der Waals surface area contributed by atoms with Gasteiger partial charge in [-0.1, -0.05) is 46.5 Å². The summed E-state index contributed by atoms with van der Waals surface area (Å²) in [4.78, 5) is 11.3. The highest BCUT2D eigenvalue weighted by Crippen LogP contribution is 2.34. The lowest BCUT2D eigenvalue weighted by Gasteiger charge is -2.27. The van der Waals surface area contributed by atoms with E-state index in [1.54, 1.807) is 11.8 Å². The molecule has 0 aliphatic carbocycles. The second-order valence-corrected chi connectivity index (χ2v) is 5.54. The van der Waals surface area contributed by atoms with Gasteiger partial charge < -0.3 is 5.11 Å². The zero-order chi connectivity index (χ0) is 11.7. The SMILES string of the molecule is CCCCCCC(CC)(SCC)C(=O)O. The average molecular weight is 232 g/mol. The van der Waals surface area contributed by atoms with Gasteiger partial charge in [-0.25, -0.2) is 0 Å². The molecule has 0 aromatic rings. The van der Waals surface area contributed by atoms with Crippen molar-refractivity contribution in [3.63, 3.8) is 0 Å². The van der Waals surface area contributed by atoms with Crippen molar-refractivity contribution >= 4 is 17.7 Å². The molecule has 0 spiro atoms. The zero-order valence-corrected chi connectivity index (χ0v) is 11.0. The Morgan fingerprint density at radius 1 is 1.20 bits per heavy atom. The lowest BCUT2D eigenvalue weighted by molar-refractivity contribution is -0.140. The molecule has 15 heavy (non-hydrogen) atoms. The topological polar surface area (TPSA) is 37.3 Å². The van der Waals surface area contributed by atoms with Crippen LogP contribution in [-0.2, 0) is 4.79 Å². The van der Waals surface area contributed by atoms with Gasteiger partial charge >= 0.3 is 5.97 Å². The lowest BCUT2D eigenvalue weighted by Crippen LogP contribution is -2.34. The third-order valence-electron chi connectivity index (χ3n) is 2.82. The van der Waals surface area contributed by atoms with E-state index in [-0.39, 0.29) is 0 Å². The van der Waals surface area contributed by atoms with E-state index in [9.17, 15) is 9.90 Å². The average Bonchev–Trinajstić information content (AvgIpc) is 2.22. The van der Waals surface area contributed by atoms with Crippen LogP contribution in [0.3, 0.4) is 0 Å². The Morgan fingerprint density at radius 3 is 2.27 bits per heavy atom. The van der Waals surface area contributed by atoms with E-state index in [2.05, 4.69) is 6.92 Å². The van der Waals surface area contributed by atoms with E-state index in [0.29, 0.717) is 0 Å².